The average molecular weight is 485 g/mol. The maximum Gasteiger partial charge on any atom is 0.231 e. The summed E-state index contributed by atoms with van der Waals surface area (Å²) in [6, 6.07) is 5.84. The van der Waals surface area contributed by atoms with Crippen molar-refractivity contribution in [2.45, 2.75) is 90.4 Å². The van der Waals surface area contributed by atoms with Crippen molar-refractivity contribution in [2.75, 3.05) is 20.6 Å². The first-order valence-corrected chi connectivity index (χ1v) is 13.7. The molecule has 188 valence electrons. The highest BCUT2D eigenvalue weighted by Gasteiger charge is 2.14. The molecule has 0 N–H and O–H groups in total. The van der Waals surface area contributed by atoms with Crippen molar-refractivity contribution in [3.8, 4) is 0 Å². The van der Waals surface area contributed by atoms with Crippen molar-refractivity contribution in [3.05, 3.63) is 59.3 Å². The van der Waals surface area contributed by atoms with Gasteiger partial charge >= 0.3 is 0 Å². The van der Waals surface area contributed by atoms with Crippen LogP contribution >= 0.6 is 11.6 Å². The summed E-state index contributed by atoms with van der Waals surface area (Å²) in [5.74, 6) is 0.189. The number of carbonyl (C=O) groups excluding carboxylic acids is 1. The molecule has 0 aliphatic carbocycles. The molecule has 34 heavy (non-hydrogen) atoms. The predicted molar refractivity (Wildman–Crippen MR) is 149 cm³/mol. The molecule has 2 aromatic rings. The highest BCUT2D eigenvalue weighted by Crippen LogP contribution is 2.26. The van der Waals surface area contributed by atoms with E-state index in [4.69, 9.17) is 11.6 Å². The van der Waals surface area contributed by atoms with E-state index >= 15 is 0 Å². The Balaban J connectivity index is 1.65. The quantitative estimate of drug-likeness (QED) is 0.165. The molecular weight excluding hydrogens is 440 g/mol. The molecule has 0 unspecified atom stereocenters. The van der Waals surface area contributed by atoms with Gasteiger partial charge in [-0.3, -0.25) is 9.36 Å². The number of fused-ring (bicyclic) bond motifs is 1. The number of unbranched alkanes of at least 4 members (excludes halogenated alkanes) is 8. The molecule has 0 radical (unpaired) electrons. The second-order valence-electron chi connectivity index (χ2n) is 9.61. The molecule has 0 atom stereocenters. The van der Waals surface area contributed by atoms with Crippen LogP contribution in [0.5, 0.6) is 0 Å². The van der Waals surface area contributed by atoms with E-state index in [0.29, 0.717) is 6.42 Å². The molecule has 3 nitrogen and oxygen atoms in total. The zero-order chi connectivity index (χ0) is 24.6. The summed E-state index contributed by atoms with van der Waals surface area (Å²) in [5.41, 5.74) is 2.17. The van der Waals surface area contributed by atoms with Crippen molar-refractivity contribution in [1.29, 1.82) is 0 Å². The van der Waals surface area contributed by atoms with Gasteiger partial charge in [-0.15, -0.1) is 0 Å². The maximum absolute atomic E-state index is 12.9. The molecule has 1 heterocycles. The smallest absolute Gasteiger partial charge is 0.231 e. The number of benzene rings is 1. The molecule has 0 fully saturated rings. The summed E-state index contributed by atoms with van der Waals surface area (Å²) in [7, 11) is 4.14. The third kappa shape index (κ3) is 10.6. The zero-order valence-electron chi connectivity index (χ0n) is 21.7. The minimum atomic E-state index is 0.189. The van der Waals surface area contributed by atoms with Gasteiger partial charge in [0.15, 0.2) is 0 Å². The van der Waals surface area contributed by atoms with Crippen LogP contribution < -0.4 is 0 Å². The third-order valence-corrected chi connectivity index (χ3v) is 6.52. The van der Waals surface area contributed by atoms with Crippen LogP contribution in [0.2, 0.25) is 5.02 Å². The number of carbonyl (C=O) groups is 1. The van der Waals surface area contributed by atoms with E-state index in [0.717, 1.165) is 54.6 Å². The van der Waals surface area contributed by atoms with Crippen LogP contribution in [0, 0.1) is 0 Å². The Hall–Kier alpha value is -1.84. The summed E-state index contributed by atoms with van der Waals surface area (Å²) in [5, 5.41) is 1.82. The Morgan fingerprint density at radius 2 is 1.62 bits per heavy atom. The Morgan fingerprint density at radius 3 is 2.32 bits per heavy atom. The third-order valence-electron chi connectivity index (χ3n) is 6.29. The molecule has 2 rings (SSSR count). The lowest BCUT2D eigenvalue weighted by atomic mass is 10.1. The second-order valence-corrected chi connectivity index (χ2v) is 10.0. The van der Waals surface area contributed by atoms with E-state index < -0.39 is 0 Å². The standard InChI is InChI=1S/C30H45ClN2O/c1-4-5-6-7-8-9-10-11-12-13-14-15-16-17-18-19-30(34)33-25-26(22-23-32(2)3)28-24-27(31)20-21-29(28)33/h8-9,11-12,20-21,24-25H,4-7,10,13-19,22-23H2,1-3H3/b9-8-,12-11-. The summed E-state index contributed by atoms with van der Waals surface area (Å²) in [4.78, 5) is 15.1. The minimum Gasteiger partial charge on any atom is -0.309 e. The van der Waals surface area contributed by atoms with Gasteiger partial charge in [0.05, 0.1) is 5.52 Å². The lowest BCUT2D eigenvalue weighted by Crippen LogP contribution is -2.15. The van der Waals surface area contributed by atoms with Gasteiger partial charge in [0.2, 0.25) is 5.91 Å². The first-order valence-electron chi connectivity index (χ1n) is 13.3. The number of hydrogen-bond donors (Lipinski definition) is 0. The van der Waals surface area contributed by atoms with Crippen LogP contribution in [0.1, 0.15) is 94.3 Å². The van der Waals surface area contributed by atoms with Gasteiger partial charge in [-0.1, -0.05) is 74.9 Å². The fourth-order valence-corrected chi connectivity index (χ4v) is 4.40. The minimum absolute atomic E-state index is 0.189. The monoisotopic (exact) mass is 484 g/mol. The van der Waals surface area contributed by atoms with Crippen LogP contribution in [-0.4, -0.2) is 36.0 Å². The van der Waals surface area contributed by atoms with Gasteiger partial charge < -0.3 is 4.90 Å². The van der Waals surface area contributed by atoms with Gasteiger partial charge in [0.1, 0.15) is 0 Å². The number of hydrogen-bond acceptors (Lipinski definition) is 2. The van der Waals surface area contributed by atoms with E-state index in [2.05, 4.69) is 50.2 Å². The topological polar surface area (TPSA) is 25.2 Å². The molecule has 0 saturated heterocycles. The number of likely N-dealkylation sites (N-methyl/N-ethyl adjacent to an activating group) is 1. The van der Waals surface area contributed by atoms with Crippen molar-refractivity contribution in [2.24, 2.45) is 0 Å². The van der Waals surface area contributed by atoms with Gasteiger partial charge in [-0.25, -0.2) is 0 Å². The normalized spacial score (nSPS) is 12.1. The molecule has 0 spiro atoms. The highest BCUT2D eigenvalue weighted by molar-refractivity contribution is 6.31. The van der Waals surface area contributed by atoms with Crippen molar-refractivity contribution in [1.82, 2.24) is 9.47 Å². The van der Waals surface area contributed by atoms with Gasteiger partial charge in [0.25, 0.3) is 0 Å². The highest BCUT2D eigenvalue weighted by atomic mass is 35.5. The lowest BCUT2D eigenvalue weighted by molar-refractivity contribution is 0.0904. The Bertz CT molecular complexity index is 910. The summed E-state index contributed by atoms with van der Waals surface area (Å²) in [6.45, 7) is 3.20. The molecule has 0 amide bonds. The van der Waals surface area contributed by atoms with Gasteiger partial charge in [-0.05, 0) is 82.8 Å². The first kappa shape index (κ1) is 28.4. The van der Waals surface area contributed by atoms with Gasteiger partial charge in [0, 0.05) is 29.6 Å². The molecule has 0 bridgehead atoms. The van der Waals surface area contributed by atoms with E-state index in [-0.39, 0.29) is 5.91 Å². The fourth-order valence-electron chi connectivity index (χ4n) is 4.23. The van der Waals surface area contributed by atoms with Crippen molar-refractivity contribution < 1.29 is 4.79 Å². The van der Waals surface area contributed by atoms with E-state index in [1.165, 1.54) is 50.5 Å². The summed E-state index contributed by atoms with van der Waals surface area (Å²) in [6.07, 6.45) is 25.9. The SMILES string of the molecule is CCCCC/C=C\C/C=C\CCCCCCCC(=O)n1cc(CCN(C)C)c2cc(Cl)ccc21. The van der Waals surface area contributed by atoms with Gasteiger partial charge in [-0.2, -0.15) is 0 Å². The summed E-state index contributed by atoms with van der Waals surface area (Å²) >= 11 is 6.24. The van der Waals surface area contributed by atoms with E-state index in [1.807, 2.05) is 29.0 Å². The molecule has 1 aromatic carbocycles. The van der Waals surface area contributed by atoms with E-state index in [1.54, 1.807) is 0 Å². The van der Waals surface area contributed by atoms with Crippen LogP contribution in [-0.2, 0) is 6.42 Å². The molecule has 0 aliphatic rings. The molecule has 0 saturated carbocycles. The lowest BCUT2D eigenvalue weighted by Gasteiger charge is -2.08. The number of nitrogens with zero attached hydrogens (tertiary/aromatic N) is 2. The van der Waals surface area contributed by atoms with Crippen LogP contribution in [0.15, 0.2) is 48.7 Å². The number of aromatic nitrogens is 1. The molecule has 0 aliphatic heterocycles. The first-order chi connectivity index (χ1) is 16.5. The predicted octanol–water partition coefficient (Wildman–Crippen LogP) is 8.85. The Labute approximate surface area is 212 Å². The Kier molecular flexibility index (Phi) is 14.0. The maximum atomic E-state index is 12.9. The Morgan fingerprint density at radius 1 is 0.941 bits per heavy atom. The van der Waals surface area contributed by atoms with E-state index in [9.17, 15) is 4.79 Å². The molecular formula is C30H45ClN2O. The average Bonchev–Trinajstić information content (AvgIpc) is 3.17. The fraction of sp³-hybridized carbons (Fsp3) is 0.567. The number of allylic oxidation sites excluding steroid dienone is 4. The summed E-state index contributed by atoms with van der Waals surface area (Å²) < 4.78 is 1.85. The molecule has 1 aromatic heterocycles. The number of rotatable bonds is 17. The zero-order valence-corrected chi connectivity index (χ0v) is 22.5. The molecule has 4 heteroatoms. The van der Waals surface area contributed by atoms with Crippen molar-refractivity contribution >= 4 is 28.4 Å². The second kappa shape index (κ2) is 16.7. The van der Waals surface area contributed by atoms with Crippen LogP contribution in [0.4, 0.5) is 0 Å². The van der Waals surface area contributed by atoms with Crippen LogP contribution in [0.25, 0.3) is 10.9 Å². The number of halogens is 1. The van der Waals surface area contributed by atoms with Crippen molar-refractivity contribution in [3.63, 3.8) is 0 Å². The van der Waals surface area contributed by atoms with Crippen LogP contribution in [0.3, 0.4) is 0 Å². The largest absolute Gasteiger partial charge is 0.309 e.